The highest BCUT2D eigenvalue weighted by Gasteiger charge is 2.45. The van der Waals surface area contributed by atoms with Gasteiger partial charge in [0.1, 0.15) is 6.29 Å². The molecule has 0 spiro atoms. The summed E-state index contributed by atoms with van der Waals surface area (Å²) in [5.41, 5.74) is 6.19. The zero-order valence-electron chi connectivity index (χ0n) is 11.6. The van der Waals surface area contributed by atoms with Crippen molar-refractivity contribution in [2.45, 2.75) is 58.6 Å². The van der Waals surface area contributed by atoms with Crippen LogP contribution in [0.4, 0.5) is 0 Å². The van der Waals surface area contributed by atoms with Crippen molar-refractivity contribution in [2.24, 2.45) is 23.5 Å². The van der Waals surface area contributed by atoms with Crippen LogP contribution < -0.4 is 5.73 Å². The van der Waals surface area contributed by atoms with E-state index >= 15 is 0 Å². The van der Waals surface area contributed by atoms with Crippen LogP contribution in [0.25, 0.3) is 0 Å². The van der Waals surface area contributed by atoms with Crippen molar-refractivity contribution in [3.63, 3.8) is 0 Å². The molecule has 0 aliphatic carbocycles. The molecule has 0 aromatic rings. The number of rotatable bonds is 6. The molecule has 0 radical (unpaired) electrons. The van der Waals surface area contributed by atoms with Crippen molar-refractivity contribution in [3.8, 4) is 0 Å². The van der Waals surface area contributed by atoms with E-state index in [1.54, 1.807) is 0 Å². The molecule has 3 unspecified atom stereocenters. The van der Waals surface area contributed by atoms with Gasteiger partial charge >= 0.3 is 0 Å². The summed E-state index contributed by atoms with van der Waals surface area (Å²) >= 11 is 0. The number of hydrogen-bond donors (Lipinski definition) is 1. The maximum Gasteiger partial charge on any atom is 0.123 e. The number of hydrogen-bond acceptors (Lipinski definition) is 3. The summed E-state index contributed by atoms with van der Waals surface area (Å²) in [7, 11) is 0. The molecule has 1 aliphatic rings. The van der Waals surface area contributed by atoms with Crippen LogP contribution in [-0.2, 0) is 9.53 Å². The van der Waals surface area contributed by atoms with E-state index in [1.165, 1.54) is 0 Å². The Hall–Kier alpha value is -0.410. The minimum Gasteiger partial charge on any atom is -0.377 e. The third kappa shape index (κ3) is 3.29. The number of carbonyl (C=O) groups excluding carboxylic acids is 1. The standard InChI is InChI=1S/C14H27NO2/c1-5-6-10(2)13(11(3)8-16)14(15)7-12(4)17-9-14/h8,10-13H,5-7,9,15H2,1-4H3/t10?,11?,12-,13?,14-/m1/s1. The first kappa shape index (κ1) is 14.7. The molecule has 0 aromatic heterocycles. The molecule has 0 amide bonds. The Bertz CT molecular complexity index is 257. The number of nitrogens with two attached hydrogens (primary N) is 1. The molecule has 1 fully saturated rings. The molecule has 3 heteroatoms. The van der Waals surface area contributed by atoms with Gasteiger partial charge in [-0.1, -0.05) is 33.6 Å². The molecule has 5 atom stereocenters. The van der Waals surface area contributed by atoms with Crippen LogP contribution in [0.3, 0.4) is 0 Å². The van der Waals surface area contributed by atoms with Gasteiger partial charge in [0.25, 0.3) is 0 Å². The van der Waals surface area contributed by atoms with Crippen LogP contribution in [-0.4, -0.2) is 24.5 Å². The van der Waals surface area contributed by atoms with E-state index in [-0.39, 0.29) is 23.5 Å². The van der Waals surface area contributed by atoms with Gasteiger partial charge in [0.15, 0.2) is 0 Å². The van der Waals surface area contributed by atoms with E-state index in [0.29, 0.717) is 12.5 Å². The minimum absolute atomic E-state index is 0.00968. The summed E-state index contributed by atoms with van der Waals surface area (Å²) in [6.45, 7) is 9.02. The molecular formula is C14H27NO2. The highest BCUT2D eigenvalue weighted by Crippen LogP contribution is 2.38. The highest BCUT2D eigenvalue weighted by molar-refractivity contribution is 5.54. The van der Waals surface area contributed by atoms with Crippen molar-refractivity contribution < 1.29 is 9.53 Å². The Labute approximate surface area is 105 Å². The first-order valence-electron chi connectivity index (χ1n) is 6.80. The fourth-order valence-corrected chi connectivity index (χ4v) is 3.51. The lowest BCUT2D eigenvalue weighted by molar-refractivity contribution is -0.113. The van der Waals surface area contributed by atoms with Gasteiger partial charge in [0.05, 0.1) is 12.7 Å². The van der Waals surface area contributed by atoms with Crippen LogP contribution in [0.5, 0.6) is 0 Å². The fraction of sp³-hybridized carbons (Fsp3) is 0.929. The van der Waals surface area contributed by atoms with E-state index in [2.05, 4.69) is 20.8 Å². The maximum absolute atomic E-state index is 11.1. The summed E-state index contributed by atoms with van der Waals surface area (Å²) < 4.78 is 5.63. The summed E-state index contributed by atoms with van der Waals surface area (Å²) in [4.78, 5) is 11.1. The van der Waals surface area contributed by atoms with Crippen molar-refractivity contribution in [1.82, 2.24) is 0 Å². The third-order valence-electron chi connectivity index (χ3n) is 4.11. The Morgan fingerprint density at radius 3 is 2.59 bits per heavy atom. The summed E-state index contributed by atoms with van der Waals surface area (Å²) in [5, 5.41) is 0. The van der Waals surface area contributed by atoms with Crippen LogP contribution >= 0.6 is 0 Å². The first-order chi connectivity index (χ1) is 7.94. The van der Waals surface area contributed by atoms with Gasteiger partial charge in [-0.25, -0.2) is 0 Å². The maximum atomic E-state index is 11.1. The van der Waals surface area contributed by atoms with Gasteiger partial charge in [0.2, 0.25) is 0 Å². The highest BCUT2D eigenvalue weighted by atomic mass is 16.5. The number of ether oxygens (including phenoxy) is 1. The van der Waals surface area contributed by atoms with Crippen molar-refractivity contribution in [3.05, 3.63) is 0 Å². The van der Waals surface area contributed by atoms with E-state index < -0.39 is 0 Å². The molecule has 3 nitrogen and oxygen atoms in total. The van der Waals surface area contributed by atoms with Crippen LogP contribution in [0.2, 0.25) is 0 Å². The SMILES string of the molecule is CCCC(C)C(C(C)C=O)[C@]1(N)CO[C@H](C)C1. The van der Waals surface area contributed by atoms with Gasteiger partial charge < -0.3 is 15.3 Å². The number of aldehydes is 1. The van der Waals surface area contributed by atoms with Crippen molar-refractivity contribution in [1.29, 1.82) is 0 Å². The Morgan fingerprint density at radius 1 is 1.53 bits per heavy atom. The Morgan fingerprint density at radius 2 is 2.18 bits per heavy atom. The topological polar surface area (TPSA) is 52.3 Å². The lowest BCUT2D eigenvalue weighted by atomic mass is 9.68. The molecule has 2 N–H and O–H groups in total. The van der Waals surface area contributed by atoms with Gasteiger partial charge in [0, 0.05) is 11.5 Å². The quantitative estimate of drug-likeness (QED) is 0.726. The van der Waals surface area contributed by atoms with E-state index in [0.717, 1.165) is 25.5 Å². The van der Waals surface area contributed by atoms with Crippen LogP contribution in [0.1, 0.15) is 47.0 Å². The van der Waals surface area contributed by atoms with Crippen molar-refractivity contribution >= 4 is 6.29 Å². The molecule has 1 saturated heterocycles. The third-order valence-corrected chi connectivity index (χ3v) is 4.11. The summed E-state index contributed by atoms with van der Waals surface area (Å²) in [6.07, 6.45) is 4.39. The van der Waals surface area contributed by atoms with Gasteiger partial charge in [-0.05, 0) is 25.2 Å². The molecule has 0 aromatic carbocycles. The van der Waals surface area contributed by atoms with Crippen molar-refractivity contribution in [2.75, 3.05) is 6.61 Å². The minimum atomic E-state index is -0.325. The van der Waals surface area contributed by atoms with E-state index in [4.69, 9.17) is 10.5 Å². The predicted octanol–water partition coefficient (Wildman–Crippen LogP) is 2.38. The van der Waals surface area contributed by atoms with Crippen LogP contribution in [0, 0.1) is 17.8 Å². The Kier molecular flexibility index (Phi) is 5.14. The average molecular weight is 241 g/mol. The van der Waals surface area contributed by atoms with E-state index in [9.17, 15) is 4.79 Å². The zero-order chi connectivity index (χ0) is 13.1. The summed E-state index contributed by atoms with van der Waals surface area (Å²) in [6, 6.07) is 0. The zero-order valence-corrected chi connectivity index (χ0v) is 11.6. The second-order valence-corrected chi connectivity index (χ2v) is 5.85. The first-order valence-corrected chi connectivity index (χ1v) is 6.80. The molecular weight excluding hydrogens is 214 g/mol. The average Bonchev–Trinajstić information content (AvgIpc) is 2.59. The van der Waals surface area contributed by atoms with Gasteiger partial charge in [-0.3, -0.25) is 0 Å². The molecule has 1 rings (SSSR count). The molecule has 1 heterocycles. The molecule has 0 bridgehead atoms. The van der Waals surface area contributed by atoms with Crippen LogP contribution in [0.15, 0.2) is 0 Å². The normalized spacial score (nSPS) is 34.3. The monoisotopic (exact) mass is 241 g/mol. The lowest BCUT2D eigenvalue weighted by Gasteiger charge is -2.39. The van der Waals surface area contributed by atoms with Gasteiger partial charge in [-0.15, -0.1) is 0 Å². The molecule has 17 heavy (non-hydrogen) atoms. The number of carbonyl (C=O) groups is 1. The van der Waals surface area contributed by atoms with Gasteiger partial charge in [-0.2, -0.15) is 0 Å². The smallest absolute Gasteiger partial charge is 0.123 e. The molecule has 1 aliphatic heterocycles. The second-order valence-electron chi connectivity index (χ2n) is 5.85. The van der Waals surface area contributed by atoms with E-state index in [1.807, 2.05) is 6.92 Å². The predicted molar refractivity (Wildman–Crippen MR) is 69.7 cm³/mol. The molecule has 0 saturated carbocycles. The largest absolute Gasteiger partial charge is 0.377 e. The summed E-state index contributed by atoms with van der Waals surface area (Å²) in [5.74, 6) is 0.708. The fourth-order valence-electron chi connectivity index (χ4n) is 3.51. The second kappa shape index (κ2) is 5.96. The molecule has 100 valence electrons. The lowest BCUT2D eigenvalue weighted by Crippen LogP contribution is -2.53. The Balaban J connectivity index is 2.85.